The molecule has 0 saturated heterocycles. The summed E-state index contributed by atoms with van der Waals surface area (Å²) in [6, 6.07) is 0. The van der Waals surface area contributed by atoms with Crippen molar-refractivity contribution in [2.24, 2.45) is 11.8 Å². The Balaban J connectivity index is 4.14. The molecule has 0 aromatic heterocycles. The predicted octanol–water partition coefficient (Wildman–Crippen LogP) is 5.04. The molecule has 17 heavy (non-hydrogen) atoms. The fourth-order valence-corrected chi connectivity index (χ4v) is 4.87. The minimum Gasteiger partial charge on any atom is -0.319 e. The molecule has 2 atom stereocenters. The third-order valence-corrected chi connectivity index (χ3v) is 4.57. The number of hydrogen-bond acceptors (Lipinski definition) is 3. The van der Waals surface area contributed by atoms with Crippen LogP contribution in [0.1, 0.15) is 54.4 Å². The molecule has 0 aromatic rings. The molecule has 5 heteroatoms. The summed E-state index contributed by atoms with van der Waals surface area (Å²) in [5, 5.41) is 0. The zero-order valence-electron chi connectivity index (χ0n) is 11.8. The number of hydrogen-bond donors (Lipinski definition) is 1. The molecule has 0 N–H and O–H groups in total. The highest BCUT2D eigenvalue weighted by Crippen LogP contribution is 2.56. The Labute approximate surface area is 117 Å². The quantitative estimate of drug-likeness (QED) is 0.500. The van der Waals surface area contributed by atoms with Crippen molar-refractivity contribution in [3.63, 3.8) is 0 Å². The minimum absolute atomic E-state index is 0.115. The van der Waals surface area contributed by atoms with Gasteiger partial charge < -0.3 is 9.05 Å². The molecule has 2 nitrogen and oxygen atoms in total. The average Bonchev–Trinajstić information content (AvgIpc) is 1.95. The van der Waals surface area contributed by atoms with Crippen LogP contribution in [-0.2, 0) is 20.9 Å². The van der Waals surface area contributed by atoms with E-state index in [1.54, 1.807) is 0 Å². The second-order valence-corrected chi connectivity index (χ2v) is 10.8. The van der Waals surface area contributed by atoms with Crippen molar-refractivity contribution in [3.05, 3.63) is 0 Å². The molecule has 0 heterocycles. The first kappa shape index (κ1) is 17.9. The number of thiol groups is 1. The summed E-state index contributed by atoms with van der Waals surface area (Å²) < 4.78 is 11.5. The molecular weight excluding hydrogens is 271 g/mol. The molecular formula is C12H27O2PS2. The van der Waals surface area contributed by atoms with Gasteiger partial charge in [0.2, 0.25) is 5.69 Å². The third-order valence-electron chi connectivity index (χ3n) is 2.23. The average molecular weight is 298 g/mol. The molecule has 0 aliphatic rings. The Morgan fingerprint density at radius 1 is 0.882 bits per heavy atom. The van der Waals surface area contributed by atoms with Crippen LogP contribution in [-0.4, -0.2) is 12.2 Å². The molecule has 0 radical (unpaired) electrons. The summed E-state index contributed by atoms with van der Waals surface area (Å²) >= 11 is 9.72. The zero-order valence-corrected chi connectivity index (χ0v) is 14.4. The normalized spacial score (nSPS) is 19.4. The highest BCUT2D eigenvalue weighted by Gasteiger charge is 2.21. The standard InChI is InChI=1S/C12H27O2PS2/c1-9(2)7-11(5)13-15(16,17)14-12(6)8-10(3)4/h9-12H,7-8H2,1-6H3,(H,16,17). The van der Waals surface area contributed by atoms with Crippen molar-refractivity contribution in [3.8, 4) is 0 Å². The van der Waals surface area contributed by atoms with Crippen molar-refractivity contribution in [1.82, 2.24) is 0 Å². The molecule has 0 spiro atoms. The molecule has 0 aliphatic heterocycles. The summed E-state index contributed by atoms with van der Waals surface area (Å²) in [5.41, 5.74) is -2.39. The molecule has 0 aromatic carbocycles. The van der Waals surface area contributed by atoms with E-state index in [1.165, 1.54) is 0 Å². The Morgan fingerprint density at radius 3 is 1.41 bits per heavy atom. The van der Waals surface area contributed by atoms with Crippen molar-refractivity contribution >= 4 is 29.7 Å². The lowest BCUT2D eigenvalue weighted by Gasteiger charge is -2.26. The first-order valence-electron chi connectivity index (χ1n) is 6.32. The van der Waals surface area contributed by atoms with E-state index in [2.05, 4.69) is 39.9 Å². The molecule has 0 fully saturated rings. The van der Waals surface area contributed by atoms with E-state index in [-0.39, 0.29) is 12.2 Å². The lowest BCUT2D eigenvalue weighted by molar-refractivity contribution is 0.144. The van der Waals surface area contributed by atoms with E-state index in [1.807, 2.05) is 13.8 Å². The van der Waals surface area contributed by atoms with E-state index >= 15 is 0 Å². The third kappa shape index (κ3) is 10.5. The highest BCUT2D eigenvalue weighted by molar-refractivity contribution is 8.60. The SMILES string of the molecule is CC(C)CC(C)OP(=S)(S)OC(C)CC(C)C. The Bertz CT molecular complexity index is 235. The fourth-order valence-electron chi connectivity index (χ4n) is 1.89. The fraction of sp³-hybridized carbons (Fsp3) is 1.00. The molecule has 0 bridgehead atoms. The van der Waals surface area contributed by atoms with Crippen molar-refractivity contribution in [2.75, 3.05) is 0 Å². The van der Waals surface area contributed by atoms with Gasteiger partial charge in [0.15, 0.2) is 0 Å². The maximum atomic E-state index is 5.77. The maximum absolute atomic E-state index is 5.77. The van der Waals surface area contributed by atoms with Crippen LogP contribution < -0.4 is 0 Å². The summed E-state index contributed by atoms with van der Waals surface area (Å²) in [5.74, 6) is 1.20. The van der Waals surface area contributed by atoms with Gasteiger partial charge in [-0.2, -0.15) is 0 Å². The first-order chi connectivity index (χ1) is 7.62. The Morgan fingerprint density at radius 2 is 1.18 bits per heavy atom. The summed E-state index contributed by atoms with van der Waals surface area (Å²) in [6.45, 7) is 12.8. The van der Waals surface area contributed by atoms with Crippen LogP contribution in [0.3, 0.4) is 0 Å². The monoisotopic (exact) mass is 298 g/mol. The van der Waals surface area contributed by atoms with Gasteiger partial charge in [-0.1, -0.05) is 39.9 Å². The van der Waals surface area contributed by atoms with Crippen molar-refractivity contribution < 1.29 is 9.05 Å². The molecule has 104 valence electrons. The minimum atomic E-state index is -2.39. The van der Waals surface area contributed by atoms with E-state index in [9.17, 15) is 0 Å². The Hall–Kier alpha value is 0.920. The second-order valence-electron chi connectivity index (χ2n) is 5.56. The summed E-state index contributed by atoms with van der Waals surface area (Å²) in [4.78, 5) is 0. The topological polar surface area (TPSA) is 18.5 Å². The molecule has 0 aliphatic carbocycles. The van der Waals surface area contributed by atoms with Gasteiger partial charge in [-0.05, 0) is 50.3 Å². The van der Waals surface area contributed by atoms with Crippen LogP contribution in [0.25, 0.3) is 0 Å². The molecule has 0 saturated carbocycles. The zero-order chi connectivity index (χ0) is 13.6. The molecule has 0 rings (SSSR count). The second kappa shape index (κ2) is 8.16. The van der Waals surface area contributed by atoms with Gasteiger partial charge in [-0.3, -0.25) is 0 Å². The molecule has 0 amide bonds. The molecule has 2 unspecified atom stereocenters. The van der Waals surface area contributed by atoms with E-state index in [4.69, 9.17) is 20.9 Å². The largest absolute Gasteiger partial charge is 0.319 e. The van der Waals surface area contributed by atoms with Crippen LogP contribution in [0, 0.1) is 11.8 Å². The van der Waals surface area contributed by atoms with Gasteiger partial charge in [0.05, 0.1) is 12.2 Å². The van der Waals surface area contributed by atoms with Crippen molar-refractivity contribution in [2.45, 2.75) is 66.6 Å². The highest BCUT2D eigenvalue weighted by atomic mass is 32.9. The lowest BCUT2D eigenvalue weighted by atomic mass is 10.1. The van der Waals surface area contributed by atoms with Gasteiger partial charge in [-0.25, -0.2) is 0 Å². The van der Waals surface area contributed by atoms with Gasteiger partial charge in [-0.15, -0.1) is 0 Å². The van der Waals surface area contributed by atoms with Gasteiger partial charge in [0, 0.05) is 0 Å². The summed E-state index contributed by atoms with van der Waals surface area (Å²) in [6.07, 6.45) is 2.20. The maximum Gasteiger partial charge on any atom is 0.244 e. The van der Waals surface area contributed by atoms with E-state index in [0.717, 1.165) is 12.8 Å². The van der Waals surface area contributed by atoms with Crippen LogP contribution in [0.4, 0.5) is 0 Å². The van der Waals surface area contributed by atoms with Crippen LogP contribution in [0.15, 0.2) is 0 Å². The first-order valence-corrected chi connectivity index (χ1v) is 10.1. The van der Waals surface area contributed by atoms with Crippen LogP contribution in [0.2, 0.25) is 0 Å². The van der Waals surface area contributed by atoms with Gasteiger partial charge in [0.1, 0.15) is 0 Å². The van der Waals surface area contributed by atoms with Gasteiger partial charge in [0.25, 0.3) is 0 Å². The van der Waals surface area contributed by atoms with Crippen LogP contribution >= 0.6 is 17.9 Å². The predicted molar refractivity (Wildman–Crippen MR) is 83.3 cm³/mol. The Kier molecular flexibility index (Phi) is 8.60. The number of rotatable bonds is 8. The van der Waals surface area contributed by atoms with Crippen LogP contribution in [0.5, 0.6) is 0 Å². The smallest absolute Gasteiger partial charge is 0.244 e. The summed E-state index contributed by atoms with van der Waals surface area (Å²) in [7, 11) is 0. The van der Waals surface area contributed by atoms with E-state index < -0.39 is 5.69 Å². The lowest BCUT2D eigenvalue weighted by Crippen LogP contribution is -2.13. The van der Waals surface area contributed by atoms with Gasteiger partial charge >= 0.3 is 0 Å². The van der Waals surface area contributed by atoms with E-state index in [0.29, 0.717) is 11.8 Å². The van der Waals surface area contributed by atoms with Crippen molar-refractivity contribution in [1.29, 1.82) is 0 Å².